The first kappa shape index (κ1) is 21.0. The minimum Gasteiger partial charge on any atom is -0.375 e. The first-order chi connectivity index (χ1) is 14.1. The molecule has 6 nitrogen and oxygen atoms in total. The first-order valence-electron chi connectivity index (χ1n) is 10.1. The van der Waals surface area contributed by atoms with Gasteiger partial charge in [-0.1, -0.05) is 24.3 Å². The number of likely N-dealkylation sites (tertiary alicyclic amines) is 1. The maximum Gasteiger partial charge on any atom is 0.248 e. The molecule has 1 saturated heterocycles. The van der Waals surface area contributed by atoms with Crippen LogP contribution in [-0.4, -0.2) is 55.0 Å². The third-order valence-electron chi connectivity index (χ3n) is 5.53. The van der Waals surface area contributed by atoms with Crippen LogP contribution < -0.4 is 5.32 Å². The van der Waals surface area contributed by atoms with E-state index in [-0.39, 0.29) is 18.4 Å². The highest BCUT2D eigenvalue weighted by Crippen LogP contribution is 2.35. The molecule has 2 aromatic rings. The van der Waals surface area contributed by atoms with Gasteiger partial charge >= 0.3 is 0 Å². The number of hydrogen-bond acceptors (Lipinski definition) is 4. The minimum absolute atomic E-state index is 0.0214. The Morgan fingerprint density at radius 3 is 2.48 bits per heavy atom. The number of hydrogen-bond donors (Lipinski definition) is 1. The van der Waals surface area contributed by atoms with Crippen LogP contribution in [-0.2, 0) is 20.7 Å². The van der Waals surface area contributed by atoms with Gasteiger partial charge in [-0.15, -0.1) is 0 Å². The molecule has 0 spiro atoms. The highest BCUT2D eigenvalue weighted by atomic mass is 16.5. The lowest BCUT2D eigenvalue weighted by molar-refractivity contribution is -0.144. The van der Waals surface area contributed by atoms with Crippen molar-refractivity contribution in [3.05, 3.63) is 54.4 Å². The third kappa shape index (κ3) is 5.01. The number of carbonyl (C=O) groups excluding carboxylic acids is 2. The maximum absolute atomic E-state index is 13.1. The lowest BCUT2D eigenvalue weighted by Crippen LogP contribution is -2.55. The maximum atomic E-state index is 13.1. The van der Waals surface area contributed by atoms with Crippen LogP contribution in [0, 0.1) is 5.41 Å². The summed E-state index contributed by atoms with van der Waals surface area (Å²) in [5.41, 5.74) is 2.70. The second-order valence-corrected chi connectivity index (χ2v) is 7.60. The molecule has 1 aromatic carbocycles. The molecule has 1 N–H and O–H groups in total. The van der Waals surface area contributed by atoms with Crippen molar-refractivity contribution in [1.82, 2.24) is 15.2 Å². The van der Waals surface area contributed by atoms with Crippen LogP contribution in [0.4, 0.5) is 0 Å². The smallest absolute Gasteiger partial charge is 0.248 e. The molecule has 0 bridgehead atoms. The fourth-order valence-electron chi connectivity index (χ4n) is 4.07. The number of methoxy groups -OCH3 is 1. The number of pyridine rings is 1. The summed E-state index contributed by atoms with van der Waals surface area (Å²) in [4.78, 5) is 31.3. The molecule has 29 heavy (non-hydrogen) atoms. The van der Waals surface area contributed by atoms with Crippen molar-refractivity contribution in [3.8, 4) is 11.1 Å². The fraction of sp³-hybridized carbons (Fsp3) is 0.435. The average molecular weight is 396 g/mol. The van der Waals surface area contributed by atoms with Crippen molar-refractivity contribution in [2.75, 3.05) is 33.4 Å². The summed E-state index contributed by atoms with van der Waals surface area (Å²) in [6.45, 7) is 3.64. The van der Waals surface area contributed by atoms with Gasteiger partial charge < -0.3 is 15.0 Å². The standard InChI is InChI=1S/C23H29N3O3/c1-3-25-22(28)23(11-4-14-26(17-23)21(27)16-29-2)15-18-5-7-19(8-6-18)20-9-12-24-13-10-20/h5-10,12-13H,3-4,11,14-17H2,1-2H3,(H,25,28). The summed E-state index contributed by atoms with van der Waals surface area (Å²) < 4.78 is 5.01. The Hall–Kier alpha value is -2.73. The molecule has 154 valence electrons. The minimum atomic E-state index is -0.615. The predicted octanol–water partition coefficient (Wildman–Crippen LogP) is 2.68. The summed E-state index contributed by atoms with van der Waals surface area (Å²) in [7, 11) is 1.52. The van der Waals surface area contributed by atoms with Gasteiger partial charge in [-0.25, -0.2) is 0 Å². The Kier molecular flexibility index (Phi) is 6.99. The van der Waals surface area contributed by atoms with Gasteiger partial charge in [0.1, 0.15) is 6.61 Å². The number of nitrogens with zero attached hydrogens (tertiary/aromatic N) is 2. The summed E-state index contributed by atoms with van der Waals surface area (Å²) in [5.74, 6) is -0.0398. The van der Waals surface area contributed by atoms with Gasteiger partial charge in [0, 0.05) is 39.1 Å². The summed E-state index contributed by atoms with van der Waals surface area (Å²) in [6, 6.07) is 12.3. The van der Waals surface area contributed by atoms with Crippen molar-refractivity contribution in [2.45, 2.75) is 26.2 Å². The number of amides is 2. The molecule has 3 rings (SSSR count). The van der Waals surface area contributed by atoms with Crippen molar-refractivity contribution < 1.29 is 14.3 Å². The van der Waals surface area contributed by atoms with Gasteiger partial charge in [0.15, 0.2) is 0 Å². The van der Waals surface area contributed by atoms with E-state index in [0.29, 0.717) is 26.1 Å². The quantitative estimate of drug-likeness (QED) is 0.782. The van der Waals surface area contributed by atoms with Gasteiger partial charge in [-0.05, 0) is 55.0 Å². The van der Waals surface area contributed by atoms with E-state index in [1.54, 1.807) is 17.3 Å². The lowest BCUT2D eigenvalue weighted by atomic mass is 9.74. The Morgan fingerprint density at radius 2 is 1.83 bits per heavy atom. The Balaban J connectivity index is 1.82. The van der Waals surface area contributed by atoms with E-state index in [4.69, 9.17) is 4.74 Å². The first-order valence-corrected chi connectivity index (χ1v) is 10.1. The Labute approximate surface area is 172 Å². The van der Waals surface area contributed by atoms with Crippen LogP contribution in [0.5, 0.6) is 0 Å². The third-order valence-corrected chi connectivity index (χ3v) is 5.53. The highest BCUT2D eigenvalue weighted by molar-refractivity contribution is 5.85. The van der Waals surface area contributed by atoms with Gasteiger partial charge in [0.2, 0.25) is 11.8 Å². The van der Waals surface area contributed by atoms with Gasteiger partial charge in [0.05, 0.1) is 5.41 Å². The summed E-state index contributed by atoms with van der Waals surface area (Å²) in [5, 5.41) is 2.99. The predicted molar refractivity (Wildman–Crippen MR) is 112 cm³/mol. The van der Waals surface area contributed by atoms with Crippen molar-refractivity contribution >= 4 is 11.8 Å². The Bertz CT molecular complexity index is 823. The van der Waals surface area contributed by atoms with Crippen molar-refractivity contribution in [3.63, 3.8) is 0 Å². The SMILES string of the molecule is CCNC(=O)C1(Cc2ccc(-c3ccncc3)cc2)CCCN(C(=O)COC)C1. The number of ether oxygens (including phenoxy) is 1. The van der Waals surface area contributed by atoms with E-state index in [1.165, 1.54) is 7.11 Å². The molecule has 1 aromatic heterocycles. The van der Waals surface area contributed by atoms with Gasteiger partial charge in [-0.2, -0.15) is 0 Å². The van der Waals surface area contributed by atoms with Crippen molar-refractivity contribution in [2.24, 2.45) is 5.41 Å². The second kappa shape index (κ2) is 9.65. The zero-order valence-electron chi connectivity index (χ0n) is 17.2. The topological polar surface area (TPSA) is 71.5 Å². The van der Waals surface area contributed by atoms with E-state index >= 15 is 0 Å². The summed E-state index contributed by atoms with van der Waals surface area (Å²) >= 11 is 0. The molecule has 1 unspecified atom stereocenters. The molecule has 0 saturated carbocycles. The van der Waals surface area contributed by atoms with Crippen LogP contribution in [0.3, 0.4) is 0 Å². The monoisotopic (exact) mass is 395 g/mol. The fourth-order valence-corrected chi connectivity index (χ4v) is 4.07. The van der Waals surface area contributed by atoms with Crippen LogP contribution in [0.15, 0.2) is 48.8 Å². The lowest BCUT2D eigenvalue weighted by Gasteiger charge is -2.42. The van der Waals surface area contributed by atoms with Crippen molar-refractivity contribution in [1.29, 1.82) is 0 Å². The van der Waals surface area contributed by atoms with E-state index in [2.05, 4.69) is 34.6 Å². The van der Waals surface area contributed by atoms with Gasteiger partial charge in [-0.3, -0.25) is 14.6 Å². The molecule has 1 aliphatic heterocycles. The van der Waals surface area contributed by atoms with E-state index in [9.17, 15) is 9.59 Å². The number of piperidine rings is 1. The molecule has 1 aliphatic rings. The number of carbonyl (C=O) groups is 2. The van der Waals surface area contributed by atoms with E-state index in [1.807, 2.05) is 19.1 Å². The molecular weight excluding hydrogens is 366 g/mol. The normalized spacial score (nSPS) is 19.0. The van der Waals surface area contributed by atoms with E-state index in [0.717, 1.165) is 29.5 Å². The molecule has 6 heteroatoms. The number of rotatable bonds is 7. The molecule has 1 atom stereocenters. The van der Waals surface area contributed by atoms with Gasteiger partial charge in [0.25, 0.3) is 0 Å². The molecular formula is C23H29N3O3. The summed E-state index contributed by atoms with van der Waals surface area (Å²) in [6.07, 6.45) is 5.73. The van der Waals surface area contributed by atoms with Crippen LogP contribution in [0.1, 0.15) is 25.3 Å². The number of nitrogens with one attached hydrogen (secondary N) is 1. The largest absolute Gasteiger partial charge is 0.375 e. The van der Waals surface area contributed by atoms with E-state index < -0.39 is 5.41 Å². The van der Waals surface area contributed by atoms with Crippen LogP contribution in [0.25, 0.3) is 11.1 Å². The number of aromatic nitrogens is 1. The molecule has 2 heterocycles. The second-order valence-electron chi connectivity index (χ2n) is 7.60. The zero-order chi connectivity index (χ0) is 20.7. The molecule has 0 aliphatic carbocycles. The average Bonchev–Trinajstić information content (AvgIpc) is 2.75. The molecule has 0 radical (unpaired) electrons. The Morgan fingerprint density at radius 1 is 1.14 bits per heavy atom. The molecule has 1 fully saturated rings. The highest BCUT2D eigenvalue weighted by Gasteiger charge is 2.43. The molecule has 2 amide bonds. The number of benzene rings is 1. The van der Waals surface area contributed by atoms with Crippen LogP contribution in [0.2, 0.25) is 0 Å². The van der Waals surface area contributed by atoms with Crippen LogP contribution >= 0.6 is 0 Å². The zero-order valence-corrected chi connectivity index (χ0v) is 17.2.